The van der Waals surface area contributed by atoms with Crippen LogP contribution in [-0.4, -0.2) is 23.6 Å². The summed E-state index contributed by atoms with van der Waals surface area (Å²) in [6, 6.07) is 7.31. The molecule has 1 fully saturated rings. The van der Waals surface area contributed by atoms with Crippen molar-refractivity contribution >= 4 is 11.8 Å². The van der Waals surface area contributed by atoms with Crippen molar-refractivity contribution in [1.29, 1.82) is 0 Å². The van der Waals surface area contributed by atoms with E-state index in [2.05, 4.69) is 18.5 Å². The third-order valence-corrected chi connectivity index (χ3v) is 5.32. The van der Waals surface area contributed by atoms with Crippen LogP contribution in [0.2, 0.25) is 0 Å². The Hall–Kier alpha value is -0.540. The Bertz CT molecular complexity index is 384. The summed E-state index contributed by atoms with van der Waals surface area (Å²) in [6.45, 7) is 3.25. The third kappa shape index (κ3) is 3.48. The van der Waals surface area contributed by atoms with E-state index in [9.17, 15) is 4.39 Å². The van der Waals surface area contributed by atoms with Crippen LogP contribution in [0.4, 0.5) is 4.39 Å². The van der Waals surface area contributed by atoms with Gasteiger partial charge in [0.05, 0.1) is 0 Å². The van der Waals surface area contributed by atoms with Crippen LogP contribution in [0.5, 0.6) is 0 Å². The van der Waals surface area contributed by atoms with Gasteiger partial charge in [0.2, 0.25) is 0 Å². The molecule has 1 N–H and O–H groups in total. The number of hydrogen-bond donors (Lipinski definition) is 1. The quantitative estimate of drug-likeness (QED) is 0.844. The van der Waals surface area contributed by atoms with Gasteiger partial charge >= 0.3 is 0 Å². The second kappa shape index (κ2) is 6.07. The second-order valence-electron chi connectivity index (χ2n) is 5.36. The Kier molecular flexibility index (Phi) is 4.68. The van der Waals surface area contributed by atoms with E-state index in [-0.39, 0.29) is 5.82 Å². The first-order chi connectivity index (χ1) is 8.63. The minimum absolute atomic E-state index is 0.140. The van der Waals surface area contributed by atoms with Crippen molar-refractivity contribution in [1.82, 2.24) is 5.32 Å². The highest BCUT2D eigenvalue weighted by atomic mass is 32.2. The van der Waals surface area contributed by atoms with Gasteiger partial charge in [-0.1, -0.05) is 18.6 Å². The normalized spacial score (nSPS) is 19.3. The maximum Gasteiger partial charge on any atom is 0.123 e. The van der Waals surface area contributed by atoms with Gasteiger partial charge in [0.25, 0.3) is 0 Å². The highest BCUT2D eigenvalue weighted by Crippen LogP contribution is 2.42. The fraction of sp³-hybridized carbons (Fsp3) is 0.600. The first kappa shape index (κ1) is 13.9. The van der Waals surface area contributed by atoms with Crippen LogP contribution in [0.3, 0.4) is 0 Å². The molecule has 1 nitrogen and oxygen atoms in total. The topological polar surface area (TPSA) is 12.0 Å². The molecule has 1 unspecified atom stereocenters. The van der Waals surface area contributed by atoms with Crippen LogP contribution >= 0.6 is 11.8 Å². The number of halogens is 1. The Labute approximate surface area is 114 Å². The molecule has 1 saturated carbocycles. The fourth-order valence-electron chi connectivity index (χ4n) is 2.47. The van der Waals surface area contributed by atoms with E-state index >= 15 is 0 Å². The van der Waals surface area contributed by atoms with Crippen LogP contribution in [-0.2, 0) is 6.42 Å². The molecule has 1 atom stereocenters. The summed E-state index contributed by atoms with van der Waals surface area (Å²) in [5.74, 6) is -0.140. The van der Waals surface area contributed by atoms with E-state index < -0.39 is 0 Å². The Morgan fingerprint density at radius 1 is 1.44 bits per heavy atom. The molecule has 1 aliphatic rings. The zero-order chi connectivity index (χ0) is 13.0. The Balaban J connectivity index is 1.80. The van der Waals surface area contributed by atoms with E-state index in [4.69, 9.17) is 0 Å². The van der Waals surface area contributed by atoms with E-state index in [1.165, 1.54) is 25.3 Å². The van der Waals surface area contributed by atoms with Gasteiger partial charge < -0.3 is 5.32 Å². The predicted octanol–water partition coefficient (Wildman–Crippen LogP) is 3.63. The molecule has 1 aliphatic carbocycles. The summed E-state index contributed by atoms with van der Waals surface area (Å²) >= 11 is 1.99. The van der Waals surface area contributed by atoms with Crippen molar-refractivity contribution in [2.24, 2.45) is 0 Å². The van der Waals surface area contributed by atoms with Crippen molar-refractivity contribution in [3.63, 3.8) is 0 Å². The zero-order valence-corrected chi connectivity index (χ0v) is 12.0. The molecule has 1 aromatic rings. The summed E-state index contributed by atoms with van der Waals surface area (Å²) in [5.41, 5.74) is 1.07. The lowest BCUT2D eigenvalue weighted by molar-refractivity contribution is 0.332. The van der Waals surface area contributed by atoms with Crippen LogP contribution in [0.1, 0.15) is 31.7 Å². The van der Waals surface area contributed by atoms with Gasteiger partial charge in [0.15, 0.2) is 0 Å². The standard InChI is InChI=1S/C15H22FNS/c1-12(9-13-5-3-6-14(16)10-13)17-11-15(18-2)7-4-8-15/h3,5-6,10,12,17H,4,7-9,11H2,1-2H3. The summed E-state index contributed by atoms with van der Waals surface area (Å²) in [7, 11) is 0. The highest BCUT2D eigenvalue weighted by Gasteiger charge is 2.35. The lowest BCUT2D eigenvalue weighted by Crippen LogP contribution is -2.46. The molecule has 0 aromatic heterocycles. The third-order valence-electron chi connectivity index (χ3n) is 3.90. The fourth-order valence-corrected chi connectivity index (χ4v) is 3.40. The molecule has 0 heterocycles. The van der Waals surface area contributed by atoms with Gasteiger partial charge in [-0.3, -0.25) is 0 Å². The SMILES string of the molecule is CSC1(CNC(C)Cc2cccc(F)c2)CCC1. The molecule has 100 valence electrons. The Morgan fingerprint density at radius 2 is 2.22 bits per heavy atom. The maximum absolute atomic E-state index is 13.1. The van der Waals surface area contributed by atoms with Crippen molar-refractivity contribution in [2.45, 2.75) is 43.4 Å². The minimum Gasteiger partial charge on any atom is -0.313 e. The zero-order valence-electron chi connectivity index (χ0n) is 11.2. The van der Waals surface area contributed by atoms with Crippen molar-refractivity contribution < 1.29 is 4.39 Å². The van der Waals surface area contributed by atoms with Crippen LogP contribution in [0, 0.1) is 5.82 Å². The summed E-state index contributed by atoms with van der Waals surface area (Å²) in [6.07, 6.45) is 7.11. The first-order valence-electron chi connectivity index (χ1n) is 6.66. The van der Waals surface area contributed by atoms with Gasteiger partial charge in [-0.25, -0.2) is 4.39 Å². The van der Waals surface area contributed by atoms with E-state index in [1.54, 1.807) is 12.1 Å². The number of thioether (sulfide) groups is 1. The monoisotopic (exact) mass is 267 g/mol. The van der Waals surface area contributed by atoms with Gasteiger partial charge in [0, 0.05) is 17.3 Å². The molecule has 0 amide bonds. The van der Waals surface area contributed by atoms with Gasteiger partial charge in [-0.15, -0.1) is 0 Å². The summed E-state index contributed by atoms with van der Waals surface area (Å²) in [4.78, 5) is 0. The largest absolute Gasteiger partial charge is 0.313 e. The maximum atomic E-state index is 13.1. The van der Waals surface area contributed by atoms with Crippen molar-refractivity contribution in [2.75, 3.05) is 12.8 Å². The average Bonchev–Trinajstić information content (AvgIpc) is 2.28. The molecule has 0 spiro atoms. The molecule has 3 heteroatoms. The lowest BCUT2D eigenvalue weighted by Gasteiger charge is -2.41. The molecule has 0 radical (unpaired) electrons. The molecule has 0 saturated heterocycles. The minimum atomic E-state index is -0.140. The van der Waals surface area contributed by atoms with E-state index in [0.29, 0.717) is 10.8 Å². The molecular formula is C15H22FNS. The molecule has 2 rings (SSSR count). The van der Waals surface area contributed by atoms with Crippen molar-refractivity contribution in [3.8, 4) is 0 Å². The number of nitrogens with one attached hydrogen (secondary N) is 1. The second-order valence-corrected chi connectivity index (χ2v) is 6.63. The Morgan fingerprint density at radius 3 is 2.78 bits per heavy atom. The predicted molar refractivity (Wildman–Crippen MR) is 77.7 cm³/mol. The van der Waals surface area contributed by atoms with Crippen molar-refractivity contribution in [3.05, 3.63) is 35.6 Å². The van der Waals surface area contributed by atoms with Gasteiger partial charge in [-0.05, 0) is 50.1 Å². The summed E-state index contributed by atoms with van der Waals surface area (Å²) < 4.78 is 13.6. The van der Waals surface area contributed by atoms with Crippen LogP contribution < -0.4 is 5.32 Å². The molecule has 18 heavy (non-hydrogen) atoms. The first-order valence-corrected chi connectivity index (χ1v) is 7.89. The van der Waals surface area contributed by atoms with Crippen LogP contribution in [0.25, 0.3) is 0 Å². The number of rotatable bonds is 6. The molecule has 0 aliphatic heterocycles. The van der Waals surface area contributed by atoms with Gasteiger partial charge in [0.1, 0.15) is 5.82 Å². The van der Waals surface area contributed by atoms with E-state index in [1.807, 2.05) is 17.8 Å². The van der Waals surface area contributed by atoms with Gasteiger partial charge in [-0.2, -0.15) is 11.8 Å². The highest BCUT2D eigenvalue weighted by molar-refractivity contribution is 8.00. The smallest absolute Gasteiger partial charge is 0.123 e. The lowest BCUT2D eigenvalue weighted by atomic mass is 9.84. The average molecular weight is 267 g/mol. The molecular weight excluding hydrogens is 245 g/mol. The summed E-state index contributed by atoms with van der Waals surface area (Å²) in [5, 5.41) is 3.60. The number of hydrogen-bond acceptors (Lipinski definition) is 2. The molecule has 0 bridgehead atoms. The molecule has 1 aromatic carbocycles. The number of benzene rings is 1. The van der Waals surface area contributed by atoms with E-state index in [0.717, 1.165) is 18.5 Å². The van der Waals surface area contributed by atoms with Crippen LogP contribution in [0.15, 0.2) is 24.3 Å².